The number of nitrogens with one attached hydrogen (secondary N) is 1. The molecule has 3 heterocycles. The molecule has 2 aromatic rings. The molecule has 7 nitrogen and oxygen atoms in total. The Morgan fingerprint density at radius 3 is 2.50 bits per heavy atom. The quantitative estimate of drug-likeness (QED) is 0.909. The van der Waals surface area contributed by atoms with E-state index in [1.165, 1.54) is 0 Å². The molecule has 0 saturated carbocycles. The SMILES string of the molecule is O=C(c1cnc(Nc2ccccc2N2CCOCC2)cn1)N1CCCC1. The van der Waals surface area contributed by atoms with E-state index in [4.69, 9.17) is 4.74 Å². The topological polar surface area (TPSA) is 70.6 Å². The summed E-state index contributed by atoms with van der Waals surface area (Å²) in [7, 11) is 0. The number of nitrogens with zero attached hydrogens (tertiary/aromatic N) is 4. The zero-order valence-electron chi connectivity index (χ0n) is 14.7. The van der Waals surface area contributed by atoms with Gasteiger partial charge in [0.1, 0.15) is 11.5 Å². The normalized spacial score (nSPS) is 17.4. The Hall–Kier alpha value is -2.67. The number of hydrogen-bond acceptors (Lipinski definition) is 6. The third-order valence-electron chi connectivity index (χ3n) is 4.78. The van der Waals surface area contributed by atoms with E-state index in [1.807, 2.05) is 23.1 Å². The molecule has 4 rings (SSSR count). The van der Waals surface area contributed by atoms with Crippen molar-refractivity contribution in [2.45, 2.75) is 12.8 Å². The lowest BCUT2D eigenvalue weighted by atomic mass is 10.2. The van der Waals surface area contributed by atoms with Gasteiger partial charge in [0.25, 0.3) is 5.91 Å². The van der Waals surface area contributed by atoms with Gasteiger partial charge in [-0.2, -0.15) is 0 Å². The molecule has 1 N–H and O–H groups in total. The average Bonchev–Trinajstić information content (AvgIpc) is 3.24. The van der Waals surface area contributed by atoms with Crippen LogP contribution < -0.4 is 10.2 Å². The van der Waals surface area contributed by atoms with Crippen LogP contribution >= 0.6 is 0 Å². The van der Waals surface area contributed by atoms with Gasteiger partial charge in [-0.15, -0.1) is 0 Å². The van der Waals surface area contributed by atoms with Crippen LogP contribution in [0.3, 0.4) is 0 Å². The fourth-order valence-electron chi connectivity index (χ4n) is 3.38. The third-order valence-corrected chi connectivity index (χ3v) is 4.78. The Balaban J connectivity index is 1.48. The summed E-state index contributed by atoms with van der Waals surface area (Å²) in [5, 5.41) is 3.32. The number of likely N-dealkylation sites (tertiary alicyclic amines) is 1. The highest BCUT2D eigenvalue weighted by Gasteiger charge is 2.21. The summed E-state index contributed by atoms with van der Waals surface area (Å²) in [6.07, 6.45) is 5.31. The first-order valence-electron chi connectivity index (χ1n) is 9.11. The summed E-state index contributed by atoms with van der Waals surface area (Å²) < 4.78 is 5.44. The first kappa shape index (κ1) is 16.8. The number of anilines is 3. The summed E-state index contributed by atoms with van der Waals surface area (Å²) in [5.74, 6) is 0.596. The predicted molar refractivity (Wildman–Crippen MR) is 99.9 cm³/mol. The molecule has 0 unspecified atom stereocenters. The monoisotopic (exact) mass is 353 g/mol. The number of benzene rings is 1. The number of carbonyl (C=O) groups is 1. The van der Waals surface area contributed by atoms with Crippen LogP contribution in [0.2, 0.25) is 0 Å². The second-order valence-corrected chi connectivity index (χ2v) is 6.53. The lowest BCUT2D eigenvalue weighted by Gasteiger charge is -2.30. The van der Waals surface area contributed by atoms with E-state index in [-0.39, 0.29) is 5.91 Å². The Morgan fingerprint density at radius 1 is 1.00 bits per heavy atom. The zero-order chi connectivity index (χ0) is 17.8. The smallest absolute Gasteiger partial charge is 0.274 e. The highest BCUT2D eigenvalue weighted by molar-refractivity contribution is 5.92. The summed E-state index contributed by atoms with van der Waals surface area (Å²) in [4.78, 5) is 25.2. The molecule has 0 aliphatic carbocycles. The van der Waals surface area contributed by atoms with Crippen molar-refractivity contribution in [1.29, 1.82) is 0 Å². The fourth-order valence-corrected chi connectivity index (χ4v) is 3.38. The highest BCUT2D eigenvalue weighted by Crippen LogP contribution is 2.28. The van der Waals surface area contributed by atoms with Gasteiger partial charge in [-0.3, -0.25) is 4.79 Å². The van der Waals surface area contributed by atoms with Crippen molar-refractivity contribution in [3.8, 4) is 0 Å². The first-order chi connectivity index (χ1) is 12.8. The lowest BCUT2D eigenvalue weighted by molar-refractivity contribution is 0.0786. The Kier molecular flexibility index (Phi) is 4.97. The summed E-state index contributed by atoms with van der Waals surface area (Å²) in [5.41, 5.74) is 2.50. The van der Waals surface area contributed by atoms with E-state index in [1.54, 1.807) is 12.4 Å². The highest BCUT2D eigenvalue weighted by atomic mass is 16.5. The second-order valence-electron chi connectivity index (χ2n) is 6.53. The van der Waals surface area contributed by atoms with E-state index in [9.17, 15) is 4.79 Å². The van der Waals surface area contributed by atoms with Crippen LogP contribution in [-0.2, 0) is 4.74 Å². The molecule has 0 bridgehead atoms. The molecule has 136 valence electrons. The molecule has 26 heavy (non-hydrogen) atoms. The molecule has 0 radical (unpaired) electrons. The summed E-state index contributed by atoms with van der Waals surface area (Å²) in [6, 6.07) is 8.13. The molecular weight excluding hydrogens is 330 g/mol. The van der Waals surface area contributed by atoms with Crippen LogP contribution in [0.4, 0.5) is 17.2 Å². The summed E-state index contributed by atoms with van der Waals surface area (Å²) >= 11 is 0. The molecular formula is C19H23N5O2. The largest absolute Gasteiger partial charge is 0.378 e. The number of amides is 1. The van der Waals surface area contributed by atoms with Gasteiger partial charge in [-0.05, 0) is 25.0 Å². The standard InChI is InChI=1S/C19H23N5O2/c25-19(24-7-3-4-8-24)16-13-21-18(14-20-16)22-15-5-1-2-6-17(15)23-9-11-26-12-10-23/h1-2,5-6,13-14H,3-4,7-12H2,(H,21,22). The number of hydrogen-bond donors (Lipinski definition) is 1. The molecule has 7 heteroatoms. The molecule has 2 fully saturated rings. The van der Waals surface area contributed by atoms with Crippen LogP contribution in [-0.4, -0.2) is 60.2 Å². The van der Waals surface area contributed by atoms with Crippen molar-refractivity contribution in [3.05, 3.63) is 42.4 Å². The molecule has 0 atom stereocenters. The average molecular weight is 353 g/mol. The van der Waals surface area contributed by atoms with Gasteiger partial charge in [0.2, 0.25) is 0 Å². The van der Waals surface area contributed by atoms with E-state index >= 15 is 0 Å². The molecule has 1 aromatic heterocycles. The number of morpholine rings is 1. The van der Waals surface area contributed by atoms with Crippen molar-refractivity contribution in [1.82, 2.24) is 14.9 Å². The van der Waals surface area contributed by atoms with Crippen molar-refractivity contribution in [3.63, 3.8) is 0 Å². The van der Waals surface area contributed by atoms with Crippen molar-refractivity contribution >= 4 is 23.1 Å². The van der Waals surface area contributed by atoms with Crippen molar-refractivity contribution < 1.29 is 9.53 Å². The van der Waals surface area contributed by atoms with E-state index in [0.717, 1.165) is 63.6 Å². The van der Waals surface area contributed by atoms with E-state index in [2.05, 4.69) is 26.3 Å². The van der Waals surface area contributed by atoms with Crippen LogP contribution in [0.25, 0.3) is 0 Å². The molecule has 1 aromatic carbocycles. The first-order valence-corrected chi connectivity index (χ1v) is 9.11. The number of rotatable bonds is 4. The van der Waals surface area contributed by atoms with Gasteiger partial charge in [-0.25, -0.2) is 9.97 Å². The minimum atomic E-state index is -0.0322. The maximum absolute atomic E-state index is 12.4. The van der Waals surface area contributed by atoms with Gasteiger partial charge in [0.05, 0.1) is 37.0 Å². The van der Waals surface area contributed by atoms with Crippen molar-refractivity contribution in [2.75, 3.05) is 49.6 Å². The predicted octanol–water partition coefficient (Wildman–Crippen LogP) is 2.29. The Labute approximate surface area is 153 Å². The van der Waals surface area contributed by atoms with Gasteiger partial charge in [0.15, 0.2) is 0 Å². The Bertz CT molecular complexity index is 753. The number of para-hydroxylation sites is 2. The number of carbonyl (C=O) groups excluding carboxylic acids is 1. The van der Waals surface area contributed by atoms with Crippen LogP contribution in [0.15, 0.2) is 36.7 Å². The van der Waals surface area contributed by atoms with Crippen LogP contribution in [0, 0.1) is 0 Å². The Morgan fingerprint density at radius 2 is 1.77 bits per heavy atom. The minimum absolute atomic E-state index is 0.0322. The van der Waals surface area contributed by atoms with E-state index in [0.29, 0.717) is 11.5 Å². The van der Waals surface area contributed by atoms with Crippen LogP contribution in [0.5, 0.6) is 0 Å². The fraction of sp³-hybridized carbons (Fsp3) is 0.421. The van der Waals surface area contributed by atoms with Crippen LogP contribution in [0.1, 0.15) is 23.3 Å². The van der Waals surface area contributed by atoms with E-state index < -0.39 is 0 Å². The summed E-state index contributed by atoms with van der Waals surface area (Å²) in [6.45, 7) is 4.84. The van der Waals surface area contributed by atoms with Crippen molar-refractivity contribution in [2.24, 2.45) is 0 Å². The minimum Gasteiger partial charge on any atom is -0.378 e. The molecule has 2 aliphatic rings. The zero-order valence-corrected chi connectivity index (χ0v) is 14.7. The van der Waals surface area contributed by atoms with Gasteiger partial charge in [-0.1, -0.05) is 12.1 Å². The molecule has 0 spiro atoms. The van der Waals surface area contributed by atoms with Gasteiger partial charge < -0.3 is 19.9 Å². The lowest BCUT2D eigenvalue weighted by Crippen LogP contribution is -2.36. The van der Waals surface area contributed by atoms with Gasteiger partial charge >= 0.3 is 0 Å². The maximum Gasteiger partial charge on any atom is 0.274 e. The molecule has 1 amide bonds. The van der Waals surface area contributed by atoms with Gasteiger partial charge in [0, 0.05) is 26.2 Å². The molecule has 2 saturated heterocycles. The second kappa shape index (κ2) is 7.70. The number of ether oxygens (including phenoxy) is 1. The molecule has 2 aliphatic heterocycles. The third kappa shape index (κ3) is 3.62. The number of aromatic nitrogens is 2. The maximum atomic E-state index is 12.4.